The fraction of sp³-hybridized carbons (Fsp3) is 0.238. The lowest BCUT2D eigenvalue weighted by molar-refractivity contribution is -0.147. The molecule has 148 valence electrons. The first-order chi connectivity index (χ1) is 13.9. The van der Waals surface area contributed by atoms with E-state index in [0.717, 1.165) is 10.4 Å². The van der Waals surface area contributed by atoms with E-state index in [9.17, 15) is 20.0 Å². The number of H-pyrrole nitrogens is 1. The summed E-state index contributed by atoms with van der Waals surface area (Å²) in [6.45, 7) is 3.36. The molecule has 0 aliphatic rings. The van der Waals surface area contributed by atoms with Gasteiger partial charge in [-0.3, -0.25) is 9.59 Å². The normalized spacial score (nSPS) is 12.9. The zero-order valence-corrected chi connectivity index (χ0v) is 16.7. The zero-order valence-electron chi connectivity index (χ0n) is 15.9. The number of para-hydroxylation sites is 2. The molecule has 8 heteroatoms. The number of benzene rings is 1. The third-order valence-electron chi connectivity index (χ3n) is 4.26. The molecule has 2 N–H and O–H groups in total. The number of ether oxygens (including phenoxy) is 1. The lowest BCUT2D eigenvalue weighted by atomic mass is 10.1. The molecule has 0 saturated carbocycles. The number of nitriles is 1. The van der Waals surface area contributed by atoms with E-state index in [1.54, 1.807) is 18.2 Å². The molecule has 1 aromatic carbocycles. The maximum atomic E-state index is 12.1. The summed E-state index contributed by atoms with van der Waals surface area (Å²) >= 11 is 1.38. The van der Waals surface area contributed by atoms with Gasteiger partial charge in [0.1, 0.15) is 11.6 Å². The summed E-state index contributed by atoms with van der Waals surface area (Å²) in [5.74, 6) is -0.975. The summed E-state index contributed by atoms with van der Waals surface area (Å²) in [5, 5.41) is 19.9. The summed E-state index contributed by atoms with van der Waals surface area (Å²) < 4.78 is 5.19. The summed E-state index contributed by atoms with van der Waals surface area (Å²) in [6.07, 6.45) is -1.14. The van der Waals surface area contributed by atoms with E-state index in [1.165, 1.54) is 18.3 Å². The highest BCUT2D eigenvalue weighted by molar-refractivity contribution is 7.14. The molecule has 0 bridgehead atoms. The Balaban J connectivity index is 1.66. The minimum absolute atomic E-state index is 0.0185. The molecule has 29 heavy (non-hydrogen) atoms. The van der Waals surface area contributed by atoms with Crippen LogP contribution in [-0.2, 0) is 9.53 Å². The van der Waals surface area contributed by atoms with Crippen LogP contribution in [0.4, 0.5) is 0 Å². The number of hydrogen-bond acceptors (Lipinski definition) is 7. The van der Waals surface area contributed by atoms with Crippen LogP contribution in [0.5, 0.6) is 0 Å². The van der Waals surface area contributed by atoms with Gasteiger partial charge in [-0.05, 0) is 38.1 Å². The largest absolute Gasteiger partial charge is 0.507 e. The van der Waals surface area contributed by atoms with Gasteiger partial charge in [0.25, 0.3) is 0 Å². The van der Waals surface area contributed by atoms with E-state index in [2.05, 4.69) is 9.97 Å². The van der Waals surface area contributed by atoms with Crippen LogP contribution in [0.1, 0.15) is 40.1 Å². The first-order valence-electron chi connectivity index (χ1n) is 8.96. The van der Waals surface area contributed by atoms with Crippen LogP contribution in [-0.4, -0.2) is 32.9 Å². The van der Waals surface area contributed by atoms with Crippen molar-refractivity contribution in [3.8, 4) is 6.07 Å². The zero-order chi connectivity index (χ0) is 21.0. The Bertz CT molecular complexity index is 1100. The van der Waals surface area contributed by atoms with Crippen LogP contribution < -0.4 is 0 Å². The minimum Gasteiger partial charge on any atom is -0.507 e. The molecular formula is C21H19N3O4S. The van der Waals surface area contributed by atoms with Gasteiger partial charge in [0.2, 0.25) is 0 Å². The molecule has 2 heterocycles. The Kier molecular flexibility index (Phi) is 6.10. The van der Waals surface area contributed by atoms with Crippen LogP contribution in [0.3, 0.4) is 0 Å². The average molecular weight is 409 g/mol. The number of aliphatic hydroxyl groups is 1. The molecular weight excluding hydrogens is 390 g/mol. The molecule has 7 nitrogen and oxygen atoms in total. The van der Waals surface area contributed by atoms with Crippen molar-refractivity contribution in [2.24, 2.45) is 0 Å². The quantitative estimate of drug-likeness (QED) is 0.260. The summed E-state index contributed by atoms with van der Waals surface area (Å²) in [7, 11) is 0. The molecule has 0 aliphatic carbocycles. The van der Waals surface area contributed by atoms with Crippen molar-refractivity contribution >= 4 is 39.7 Å². The third-order valence-corrected chi connectivity index (χ3v) is 5.30. The predicted octanol–water partition coefficient (Wildman–Crippen LogP) is 4.32. The highest BCUT2D eigenvalue weighted by Gasteiger charge is 2.21. The van der Waals surface area contributed by atoms with Gasteiger partial charge in [-0.1, -0.05) is 12.1 Å². The molecule has 0 radical (unpaired) electrons. The van der Waals surface area contributed by atoms with Crippen LogP contribution in [0.15, 0.2) is 42.2 Å². The number of thiophene rings is 1. The number of aliphatic hydroxyl groups excluding tert-OH is 1. The number of aromatic amines is 1. The molecule has 0 amide bonds. The Labute approximate surface area is 171 Å². The number of carbonyl (C=O) groups excluding carboxylic acids is 2. The molecule has 0 spiro atoms. The number of ketones is 1. The van der Waals surface area contributed by atoms with E-state index in [0.29, 0.717) is 10.4 Å². The number of rotatable bonds is 7. The minimum atomic E-state index is -1.05. The first-order valence-corrected chi connectivity index (χ1v) is 9.78. The van der Waals surface area contributed by atoms with Crippen LogP contribution in [0.25, 0.3) is 16.6 Å². The summed E-state index contributed by atoms with van der Waals surface area (Å²) in [6, 6.07) is 12.7. The average Bonchev–Trinajstić information content (AvgIpc) is 3.32. The van der Waals surface area contributed by atoms with Gasteiger partial charge in [0.05, 0.1) is 22.3 Å². The number of nitrogens with one attached hydrogen (secondary N) is 1. The lowest BCUT2D eigenvalue weighted by Crippen LogP contribution is -2.19. The van der Waals surface area contributed by atoms with Crippen molar-refractivity contribution in [3.63, 3.8) is 0 Å². The highest BCUT2D eigenvalue weighted by Crippen LogP contribution is 2.22. The number of carbonyl (C=O) groups is 2. The van der Waals surface area contributed by atoms with E-state index in [4.69, 9.17) is 4.74 Å². The second-order valence-corrected chi connectivity index (χ2v) is 7.73. The van der Waals surface area contributed by atoms with Crippen molar-refractivity contribution in [2.45, 2.75) is 32.8 Å². The number of esters is 1. The van der Waals surface area contributed by atoms with Crippen molar-refractivity contribution < 1.29 is 19.4 Å². The van der Waals surface area contributed by atoms with Gasteiger partial charge in [0.15, 0.2) is 23.5 Å². The standard InChI is InChI=1S/C21H19N3O4S/c1-12-7-9-18(29-12)17(25)8-10-19(26)28-13(2)20(27)14(11-22)21-23-15-5-3-4-6-16(15)24-21/h3-7,9,13,27H,8,10H2,1-2H3,(H,23,24)/b20-14-/t13-/m0/s1. The smallest absolute Gasteiger partial charge is 0.306 e. The van der Waals surface area contributed by atoms with Gasteiger partial charge in [0, 0.05) is 11.3 Å². The first kappa shape index (κ1) is 20.3. The molecule has 0 aliphatic heterocycles. The van der Waals surface area contributed by atoms with Gasteiger partial charge in [-0.2, -0.15) is 5.26 Å². The third kappa shape index (κ3) is 4.70. The van der Waals surface area contributed by atoms with Gasteiger partial charge in [-0.15, -0.1) is 11.3 Å². The summed E-state index contributed by atoms with van der Waals surface area (Å²) in [4.78, 5) is 33.0. The topological polar surface area (TPSA) is 116 Å². The van der Waals surface area contributed by atoms with Crippen LogP contribution in [0.2, 0.25) is 0 Å². The van der Waals surface area contributed by atoms with Crippen LogP contribution in [0, 0.1) is 18.3 Å². The van der Waals surface area contributed by atoms with Gasteiger partial charge >= 0.3 is 5.97 Å². The SMILES string of the molecule is Cc1ccc(C(=O)CCC(=O)O[C@@H](C)/C(O)=C(\C#N)c2nc3ccccc3[nH]2)s1. The second-order valence-electron chi connectivity index (χ2n) is 6.44. The highest BCUT2D eigenvalue weighted by atomic mass is 32.1. The molecule has 3 aromatic rings. The number of hydrogen-bond donors (Lipinski definition) is 2. The maximum absolute atomic E-state index is 12.1. The molecule has 0 fully saturated rings. The number of aryl methyl sites for hydroxylation is 1. The molecule has 0 unspecified atom stereocenters. The van der Waals surface area contributed by atoms with Crippen LogP contribution >= 0.6 is 11.3 Å². The summed E-state index contributed by atoms with van der Waals surface area (Å²) in [5.41, 5.74) is 1.26. The fourth-order valence-electron chi connectivity index (χ4n) is 2.74. The molecule has 0 saturated heterocycles. The number of Topliss-reactive ketones (excluding diaryl/α,β-unsaturated/α-hetero) is 1. The predicted molar refractivity (Wildman–Crippen MR) is 109 cm³/mol. The number of allylic oxidation sites excluding steroid dienone is 1. The Morgan fingerprint density at radius 2 is 2.03 bits per heavy atom. The Hall–Kier alpha value is -3.44. The van der Waals surface area contributed by atoms with E-state index >= 15 is 0 Å². The van der Waals surface area contributed by atoms with Crippen molar-refractivity contribution in [1.29, 1.82) is 5.26 Å². The lowest BCUT2D eigenvalue weighted by Gasteiger charge is -2.13. The van der Waals surface area contributed by atoms with Crippen molar-refractivity contribution in [3.05, 3.63) is 57.7 Å². The molecule has 1 atom stereocenters. The van der Waals surface area contributed by atoms with E-state index in [1.807, 2.05) is 31.2 Å². The van der Waals surface area contributed by atoms with Crippen molar-refractivity contribution in [2.75, 3.05) is 0 Å². The number of imidazole rings is 1. The fourth-order valence-corrected chi connectivity index (χ4v) is 3.58. The second kappa shape index (κ2) is 8.71. The van der Waals surface area contributed by atoms with E-state index < -0.39 is 17.8 Å². The monoisotopic (exact) mass is 409 g/mol. The van der Waals surface area contributed by atoms with Crippen molar-refractivity contribution in [1.82, 2.24) is 9.97 Å². The number of aromatic nitrogens is 2. The van der Waals surface area contributed by atoms with Gasteiger partial charge < -0.3 is 14.8 Å². The molecule has 2 aromatic heterocycles. The Morgan fingerprint density at radius 1 is 1.28 bits per heavy atom. The number of fused-ring (bicyclic) bond motifs is 1. The van der Waals surface area contributed by atoms with Gasteiger partial charge in [-0.25, -0.2) is 4.98 Å². The maximum Gasteiger partial charge on any atom is 0.306 e. The molecule has 3 rings (SSSR count). The Morgan fingerprint density at radius 3 is 2.69 bits per heavy atom. The number of nitrogens with zero attached hydrogens (tertiary/aromatic N) is 2. The van der Waals surface area contributed by atoms with E-state index in [-0.39, 0.29) is 30.0 Å².